The minimum atomic E-state index is -1.19. The van der Waals surface area contributed by atoms with Gasteiger partial charge in [0, 0.05) is 5.56 Å². The van der Waals surface area contributed by atoms with E-state index in [1.165, 1.54) is 18.2 Å². The molecule has 0 bridgehead atoms. The molecule has 8 nitrogen and oxygen atoms in total. The van der Waals surface area contributed by atoms with E-state index in [9.17, 15) is 9.59 Å². The van der Waals surface area contributed by atoms with Gasteiger partial charge >= 0.3 is 11.9 Å². The highest BCUT2D eigenvalue weighted by Gasteiger charge is 2.16. The molecule has 2 aromatic rings. The predicted octanol–water partition coefficient (Wildman–Crippen LogP) is 0.263. The lowest BCUT2D eigenvalue weighted by atomic mass is 10.0. The van der Waals surface area contributed by atoms with Gasteiger partial charge in [0.2, 0.25) is 0 Å². The standard InChI is InChI=1S/C9H6N4O4/c14-8(15)4-1-2-5(9(16)17)6(3-4)7-10-12-13-11-7/h1-3H,(H,14,15)(H,16,17)(H,10,11,12,13). The van der Waals surface area contributed by atoms with Gasteiger partial charge in [-0.15, -0.1) is 5.10 Å². The number of benzene rings is 1. The van der Waals surface area contributed by atoms with Crippen LogP contribution in [0.15, 0.2) is 18.2 Å². The van der Waals surface area contributed by atoms with Crippen molar-refractivity contribution in [2.75, 3.05) is 0 Å². The zero-order valence-electron chi connectivity index (χ0n) is 8.28. The number of nitrogens with zero attached hydrogens (tertiary/aromatic N) is 3. The van der Waals surface area contributed by atoms with Crippen molar-refractivity contribution in [3.63, 3.8) is 0 Å². The number of rotatable bonds is 3. The van der Waals surface area contributed by atoms with Gasteiger partial charge in [0.25, 0.3) is 0 Å². The van der Waals surface area contributed by atoms with E-state index in [4.69, 9.17) is 10.2 Å². The highest BCUT2D eigenvalue weighted by molar-refractivity contribution is 5.98. The van der Waals surface area contributed by atoms with E-state index in [-0.39, 0.29) is 22.5 Å². The molecular weight excluding hydrogens is 228 g/mol. The average molecular weight is 234 g/mol. The largest absolute Gasteiger partial charge is 0.478 e. The molecule has 1 heterocycles. The van der Waals surface area contributed by atoms with E-state index in [2.05, 4.69) is 20.6 Å². The number of nitrogens with one attached hydrogen (secondary N) is 1. The number of carboxylic acids is 2. The molecule has 0 atom stereocenters. The topological polar surface area (TPSA) is 129 Å². The Labute approximate surface area is 93.9 Å². The number of aromatic carboxylic acids is 2. The third kappa shape index (κ3) is 1.95. The number of H-pyrrole nitrogens is 1. The van der Waals surface area contributed by atoms with E-state index in [1.807, 2.05) is 0 Å². The fourth-order valence-electron chi connectivity index (χ4n) is 1.33. The summed E-state index contributed by atoms with van der Waals surface area (Å²) in [6.07, 6.45) is 0. The summed E-state index contributed by atoms with van der Waals surface area (Å²) < 4.78 is 0. The number of carboxylic acid groups (broad SMARTS) is 2. The van der Waals surface area contributed by atoms with Crippen molar-refractivity contribution in [3.05, 3.63) is 29.3 Å². The first kappa shape index (κ1) is 10.7. The number of hydrogen-bond acceptors (Lipinski definition) is 5. The number of tetrazole rings is 1. The van der Waals surface area contributed by atoms with Gasteiger partial charge in [0.05, 0.1) is 11.1 Å². The predicted molar refractivity (Wildman–Crippen MR) is 53.5 cm³/mol. The minimum absolute atomic E-state index is 0.0404. The summed E-state index contributed by atoms with van der Waals surface area (Å²) in [4.78, 5) is 21.8. The molecule has 0 aliphatic heterocycles. The summed E-state index contributed by atoms with van der Waals surface area (Å²) in [6, 6.07) is 3.61. The Morgan fingerprint density at radius 2 is 1.94 bits per heavy atom. The Hall–Kier alpha value is -2.77. The molecule has 17 heavy (non-hydrogen) atoms. The third-order valence-corrected chi connectivity index (χ3v) is 2.10. The maximum Gasteiger partial charge on any atom is 0.336 e. The quantitative estimate of drug-likeness (QED) is 0.694. The van der Waals surface area contributed by atoms with Gasteiger partial charge in [-0.3, -0.25) is 0 Å². The van der Waals surface area contributed by atoms with Gasteiger partial charge in [-0.05, 0) is 28.6 Å². The smallest absolute Gasteiger partial charge is 0.336 e. The fraction of sp³-hybridized carbons (Fsp3) is 0. The highest BCUT2D eigenvalue weighted by Crippen LogP contribution is 2.21. The molecule has 1 aromatic carbocycles. The summed E-state index contributed by atoms with van der Waals surface area (Å²) in [7, 11) is 0. The van der Waals surface area contributed by atoms with Crippen molar-refractivity contribution in [2.45, 2.75) is 0 Å². The van der Waals surface area contributed by atoms with Crippen LogP contribution in [0.1, 0.15) is 20.7 Å². The van der Waals surface area contributed by atoms with Crippen LogP contribution in [0, 0.1) is 0 Å². The molecule has 3 N–H and O–H groups in total. The second kappa shape index (κ2) is 4.00. The third-order valence-electron chi connectivity index (χ3n) is 2.10. The number of aromatic nitrogens is 4. The number of carbonyl (C=O) groups is 2. The van der Waals surface area contributed by atoms with Gasteiger partial charge in [0.1, 0.15) is 0 Å². The Balaban J connectivity index is 2.64. The maximum absolute atomic E-state index is 11.0. The van der Waals surface area contributed by atoms with E-state index >= 15 is 0 Å². The molecule has 0 aliphatic rings. The zero-order valence-corrected chi connectivity index (χ0v) is 8.28. The maximum atomic E-state index is 11.0. The van der Waals surface area contributed by atoms with Crippen LogP contribution in [0.3, 0.4) is 0 Å². The monoisotopic (exact) mass is 234 g/mol. The molecule has 8 heteroatoms. The molecule has 0 spiro atoms. The van der Waals surface area contributed by atoms with Gasteiger partial charge in [-0.2, -0.15) is 0 Å². The van der Waals surface area contributed by atoms with E-state index < -0.39 is 11.9 Å². The van der Waals surface area contributed by atoms with Crippen LogP contribution in [0.25, 0.3) is 11.4 Å². The Morgan fingerprint density at radius 1 is 1.18 bits per heavy atom. The molecule has 0 saturated heterocycles. The molecular formula is C9H6N4O4. The summed E-state index contributed by atoms with van der Waals surface area (Å²) in [6.45, 7) is 0. The molecule has 0 fully saturated rings. The molecule has 1 aromatic heterocycles. The second-order valence-electron chi connectivity index (χ2n) is 3.12. The van der Waals surface area contributed by atoms with Crippen LogP contribution in [0.2, 0.25) is 0 Å². The normalized spacial score (nSPS) is 10.1. The van der Waals surface area contributed by atoms with Crippen LogP contribution in [0.5, 0.6) is 0 Å². The van der Waals surface area contributed by atoms with Crippen molar-refractivity contribution in [1.29, 1.82) is 0 Å². The molecule has 2 rings (SSSR count). The van der Waals surface area contributed by atoms with Crippen LogP contribution >= 0.6 is 0 Å². The van der Waals surface area contributed by atoms with Crippen molar-refractivity contribution in [1.82, 2.24) is 20.6 Å². The first-order valence-electron chi connectivity index (χ1n) is 4.44. The Kier molecular flexibility index (Phi) is 2.53. The van der Waals surface area contributed by atoms with Gasteiger partial charge in [0.15, 0.2) is 5.82 Å². The van der Waals surface area contributed by atoms with Crippen LogP contribution < -0.4 is 0 Å². The van der Waals surface area contributed by atoms with Crippen LogP contribution in [-0.2, 0) is 0 Å². The lowest BCUT2D eigenvalue weighted by Crippen LogP contribution is -2.04. The molecule has 0 amide bonds. The van der Waals surface area contributed by atoms with E-state index in [0.29, 0.717) is 0 Å². The second-order valence-corrected chi connectivity index (χ2v) is 3.12. The van der Waals surface area contributed by atoms with Crippen molar-refractivity contribution in [2.24, 2.45) is 0 Å². The fourth-order valence-corrected chi connectivity index (χ4v) is 1.33. The number of aromatic amines is 1. The molecule has 0 saturated carbocycles. The summed E-state index contributed by atoms with van der Waals surface area (Å²) in [5.41, 5.74) is 0.0114. The highest BCUT2D eigenvalue weighted by atomic mass is 16.4. The molecule has 86 valence electrons. The van der Waals surface area contributed by atoms with Crippen LogP contribution in [-0.4, -0.2) is 42.8 Å². The minimum Gasteiger partial charge on any atom is -0.478 e. The van der Waals surface area contributed by atoms with Gasteiger partial charge in [-0.1, -0.05) is 0 Å². The summed E-state index contributed by atoms with van der Waals surface area (Å²) in [5, 5.41) is 30.4. The van der Waals surface area contributed by atoms with Gasteiger partial charge < -0.3 is 10.2 Å². The van der Waals surface area contributed by atoms with Crippen molar-refractivity contribution in [3.8, 4) is 11.4 Å². The van der Waals surface area contributed by atoms with Crippen molar-refractivity contribution < 1.29 is 19.8 Å². The zero-order chi connectivity index (χ0) is 12.4. The molecule has 0 aliphatic carbocycles. The average Bonchev–Trinajstić information content (AvgIpc) is 2.81. The Morgan fingerprint density at radius 3 is 2.47 bits per heavy atom. The van der Waals surface area contributed by atoms with Crippen LogP contribution in [0.4, 0.5) is 0 Å². The van der Waals surface area contributed by atoms with Gasteiger partial charge in [-0.25, -0.2) is 14.7 Å². The number of hydrogen-bond donors (Lipinski definition) is 3. The summed E-state index contributed by atoms with van der Waals surface area (Å²) >= 11 is 0. The van der Waals surface area contributed by atoms with Crippen molar-refractivity contribution >= 4 is 11.9 Å². The first-order chi connectivity index (χ1) is 8.09. The van der Waals surface area contributed by atoms with E-state index in [1.54, 1.807) is 0 Å². The molecule has 0 unspecified atom stereocenters. The first-order valence-corrected chi connectivity index (χ1v) is 4.44. The van der Waals surface area contributed by atoms with E-state index in [0.717, 1.165) is 0 Å². The Bertz CT molecular complexity index is 579. The lowest BCUT2D eigenvalue weighted by molar-refractivity contribution is 0.0682. The SMILES string of the molecule is O=C(O)c1ccc(C(=O)O)c(-c2nnn[nH]2)c1. The lowest BCUT2D eigenvalue weighted by Gasteiger charge is -2.03. The summed E-state index contributed by atoms with van der Waals surface area (Å²) in [5.74, 6) is -2.24. The molecule has 0 radical (unpaired) electrons.